The molecule has 2 amide bonds. The number of rotatable bonds is 7. The summed E-state index contributed by atoms with van der Waals surface area (Å²) in [5, 5.41) is 3.05. The fourth-order valence-electron chi connectivity index (χ4n) is 4.20. The minimum absolute atomic E-state index is 0.0279. The van der Waals surface area contributed by atoms with Crippen LogP contribution in [0.5, 0.6) is 0 Å². The fraction of sp³-hybridized carbons (Fsp3) is 0.360. The van der Waals surface area contributed by atoms with Gasteiger partial charge in [0.15, 0.2) is 9.84 Å². The zero-order chi connectivity index (χ0) is 24.3. The Kier molecular flexibility index (Phi) is 7.02. The second kappa shape index (κ2) is 9.97. The molecule has 7 nitrogen and oxygen atoms in total. The van der Waals surface area contributed by atoms with Crippen LogP contribution in [0.2, 0.25) is 0 Å². The molecule has 1 aliphatic heterocycles. The van der Waals surface area contributed by atoms with Gasteiger partial charge >= 0.3 is 0 Å². The van der Waals surface area contributed by atoms with Crippen molar-refractivity contribution in [3.05, 3.63) is 66.1 Å². The number of hydrogen-bond acceptors (Lipinski definition) is 4. The van der Waals surface area contributed by atoms with Crippen molar-refractivity contribution in [1.29, 1.82) is 0 Å². The Bertz CT molecular complexity index is 1290. The number of amides is 2. The summed E-state index contributed by atoms with van der Waals surface area (Å²) in [4.78, 5) is 27.1. The minimum atomic E-state index is -3.96. The van der Waals surface area contributed by atoms with E-state index in [0.29, 0.717) is 35.5 Å². The number of nitrogens with zero attached hydrogens (tertiary/aromatic N) is 2. The number of benzene rings is 2. The first kappa shape index (κ1) is 23.9. The summed E-state index contributed by atoms with van der Waals surface area (Å²) in [7, 11) is -3.96. The van der Waals surface area contributed by atoms with Crippen LogP contribution in [0.1, 0.15) is 25.3 Å². The molecule has 0 bridgehead atoms. The molecule has 34 heavy (non-hydrogen) atoms. The molecule has 1 fully saturated rings. The van der Waals surface area contributed by atoms with E-state index in [0.717, 1.165) is 12.8 Å². The molecular weight excluding hydrogens is 457 g/mol. The summed E-state index contributed by atoms with van der Waals surface area (Å²) in [6.07, 6.45) is 3.38. The zero-order valence-electron chi connectivity index (χ0n) is 19.0. The SMILES string of the molecule is CC1CCN(C(=O)Cn2cc(S(=O)(=O)CC(=O)NCc3ccc(F)cc3)c3ccccc32)CC1. The number of hydrogen-bond donors (Lipinski definition) is 1. The van der Waals surface area contributed by atoms with E-state index in [1.165, 1.54) is 30.5 Å². The van der Waals surface area contributed by atoms with E-state index < -0.39 is 21.5 Å². The van der Waals surface area contributed by atoms with Crippen LogP contribution in [-0.2, 0) is 32.5 Å². The average Bonchev–Trinajstić information content (AvgIpc) is 3.18. The van der Waals surface area contributed by atoms with Crippen LogP contribution in [0.25, 0.3) is 10.9 Å². The van der Waals surface area contributed by atoms with Gasteiger partial charge in [0.25, 0.3) is 0 Å². The van der Waals surface area contributed by atoms with Crippen molar-refractivity contribution >= 4 is 32.6 Å². The van der Waals surface area contributed by atoms with Crippen molar-refractivity contribution in [2.75, 3.05) is 18.8 Å². The van der Waals surface area contributed by atoms with Crippen LogP contribution in [-0.4, -0.2) is 48.5 Å². The summed E-state index contributed by atoms with van der Waals surface area (Å²) >= 11 is 0. The molecule has 0 radical (unpaired) electrons. The Balaban J connectivity index is 1.49. The lowest BCUT2D eigenvalue weighted by Crippen LogP contribution is -2.39. The number of carbonyl (C=O) groups is 2. The third-order valence-electron chi connectivity index (χ3n) is 6.25. The third kappa shape index (κ3) is 5.47. The first-order valence-corrected chi connectivity index (χ1v) is 13.0. The lowest BCUT2D eigenvalue weighted by Gasteiger charge is -2.30. The molecule has 0 unspecified atom stereocenters. The summed E-state index contributed by atoms with van der Waals surface area (Å²) in [6.45, 7) is 3.73. The standard InChI is InChI=1S/C25H28FN3O4S/c1-18-10-12-28(13-11-18)25(31)16-29-15-23(21-4-2-3-5-22(21)29)34(32,33)17-24(30)27-14-19-6-8-20(26)9-7-19/h2-9,15,18H,10-14,16-17H2,1H3,(H,27,30). The van der Waals surface area contributed by atoms with E-state index in [1.807, 2.05) is 4.90 Å². The maximum Gasteiger partial charge on any atom is 0.242 e. The predicted molar refractivity (Wildman–Crippen MR) is 127 cm³/mol. The van der Waals surface area contributed by atoms with Gasteiger partial charge in [-0.1, -0.05) is 37.3 Å². The van der Waals surface area contributed by atoms with Crippen LogP contribution < -0.4 is 5.32 Å². The van der Waals surface area contributed by atoms with Crippen molar-refractivity contribution in [2.45, 2.75) is 37.8 Å². The molecular formula is C25H28FN3O4S. The highest BCUT2D eigenvalue weighted by atomic mass is 32.2. The molecule has 2 aromatic carbocycles. The third-order valence-corrected chi connectivity index (χ3v) is 7.89. The molecule has 1 aromatic heterocycles. The smallest absolute Gasteiger partial charge is 0.242 e. The van der Waals surface area contributed by atoms with E-state index in [4.69, 9.17) is 0 Å². The molecule has 180 valence electrons. The maximum absolute atomic E-state index is 13.1. The van der Waals surface area contributed by atoms with Gasteiger partial charge in [0.05, 0.1) is 4.90 Å². The lowest BCUT2D eigenvalue weighted by atomic mass is 9.99. The Morgan fingerprint density at radius 1 is 1.06 bits per heavy atom. The molecule has 9 heteroatoms. The first-order valence-electron chi connectivity index (χ1n) is 11.3. The molecule has 0 aliphatic carbocycles. The monoisotopic (exact) mass is 485 g/mol. The summed E-state index contributed by atoms with van der Waals surface area (Å²) < 4.78 is 40.9. The Hall–Kier alpha value is -3.20. The van der Waals surface area contributed by atoms with E-state index in [9.17, 15) is 22.4 Å². The van der Waals surface area contributed by atoms with Gasteiger partial charge in [-0.25, -0.2) is 12.8 Å². The average molecular weight is 486 g/mol. The number of para-hydroxylation sites is 1. The highest BCUT2D eigenvalue weighted by Gasteiger charge is 2.26. The maximum atomic E-state index is 13.1. The van der Waals surface area contributed by atoms with Crippen LogP contribution >= 0.6 is 0 Å². The predicted octanol–water partition coefficient (Wildman–Crippen LogP) is 3.13. The topological polar surface area (TPSA) is 88.5 Å². The van der Waals surface area contributed by atoms with Gasteiger partial charge in [0, 0.05) is 36.7 Å². The van der Waals surface area contributed by atoms with Gasteiger partial charge in [0.2, 0.25) is 11.8 Å². The Morgan fingerprint density at radius 2 is 1.74 bits per heavy atom. The number of sulfone groups is 1. The van der Waals surface area contributed by atoms with E-state index in [2.05, 4.69) is 12.2 Å². The van der Waals surface area contributed by atoms with E-state index in [-0.39, 0.29) is 29.7 Å². The molecule has 0 atom stereocenters. The number of fused-ring (bicyclic) bond motifs is 1. The van der Waals surface area contributed by atoms with Crippen molar-refractivity contribution in [1.82, 2.24) is 14.8 Å². The summed E-state index contributed by atoms with van der Waals surface area (Å²) in [5.74, 6) is -1.21. The second-order valence-corrected chi connectivity index (χ2v) is 10.8. The fourth-order valence-corrected chi connectivity index (χ4v) is 5.60. The number of aromatic nitrogens is 1. The molecule has 0 spiro atoms. The molecule has 2 heterocycles. The van der Waals surface area contributed by atoms with Crippen LogP contribution in [0, 0.1) is 11.7 Å². The number of carbonyl (C=O) groups excluding carboxylic acids is 2. The highest BCUT2D eigenvalue weighted by molar-refractivity contribution is 7.92. The summed E-state index contributed by atoms with van der Waals surface area (Å²) in [6, 6.07) is 12.6. The van der Waals surface area contributed by atoms with Gasteiger partial charge in [-0.15, -0.1) is 0 Å². The van der Waals surface area contributed by atoms with Crippen LogP contribution in [0.4, 0.5) is 4.39 Å². The van der Waals surface area contributed by atoms with Crippen LogP contribution in [0.15, 0.2) is 59.6 Å². The molecule has 1 N–H and O–H groups in total. The summed E-state index contributed by atoms with van der Waals surface area (Å²) in [5.41, 5.74) is 1.29. The Labute approximate surface area is 198 Å². The number of halogens is 1. The molecule has 3 aromatic rings. The molecule has 1 saturated heterocycles. The molecule has 4 rings (SSSR count). The second-order valence-electron chi connectivity index (χ2n) is 8.86. The number of nitrogens with one attached hydrogen (secondary N) is 1. The van der Waals surface area contributed by atoms with Gasteiger partial charge in [-0.3, -0.25) is 9.59 Å². The quantitative estimate of drug-likeness (QED) is 0.557. The largest absolute Gasteiger partial charge is 0.351 e. The van der Waals surface area contributed by atoms with Crippen molar-refractivity contribution in [3.8, 4) is 0 Å². The highest BCUT2D eigenvalue weighted by Crippen LogP contribution is 2.27. The number of likely N-dealkylation sites (tertiary alicyclic amines) is 1. The van der Waals surface area contributed by atoms with E-state index in [1.54, 1.807) is 28.8 Å². The molecule has 1 aliphatic rings. The van der Waals surface area contributed by atoms with Gasteiger partial charge < -0.3 is 14.8 Å². The Morgan fingerprint density at radius 3 is 2.44 bits per heavy atom. The van der Waals surface area contributed by atoms with Gasteiger partial charge in [-0.2, -0.15) is 0 Å². The number of piperidine rings is 1. The van der Waals surface area contributed by atoms with Gasteiger partial charge in [-0.05, 0) is 42.5 Å². The van der Waals surface area contributed by atoms with Gasteiger partial charge in [0.1, 0.15) is 18.1 Å². The van der Waals surface area contributed by atoms with Crippen molar-refractivity contribution < 1.29 is 22.4 Å². The first-order chi connectivity index (χ1) is 16.2. The molecule has 0 saturated carbocycles. The van der Waals surface area contributed by atoms with E-state index >= 15 is 0 Å². The zero-order valence-corrected chi connectivity index (χ0v) is 19.9. The lowest BCUT2D eigenvalue weighted by molar-refractivity contribution is -0.133. The minimum Gasteiger partial charge on any atom is -0.351 e. The normalized spacial score (nSPS) is 14.9. The van der Waals surface area contributed by atoms with Crippen molar-refractivity contribution in [2.24, 2.45) is 5.92 Å². The van der Waals surface area contributed by atoms with Crippen molar-refractivity contribution in [3.63, 3.8) is 0 Å². The van der Waals surface area contributed by atoms with Crippen LogP contribution in [0.3, 0.4) is 0 Å².